The predicted molar refractivity (Wildman–Crippen MR) is 91.7 cm³/mol. The van der Waals surface area contributed by atoms with Crippen LogP contribution in [-0.2, 0) is 11.3 Å². The summed E-state index contributed by atoms with van der Waals surface area (Å²) in [6, 6.07) is 0.240. The maximum absolute atomic E-state index is 11.6. The number of carbonyl (C=O) groups excluding carboxylic acids is 1. The third-order valence-corrected chi connectivity index (χ3v) is 4.89. The van der Waals surface area contributed by atoms with Gasteiger partial charge in [0, 0.05) is 24.0 Å². The predicted octanol–water partition coefficient (Wildman–Crippen LogP) is 1.79. The van der Waals surface area contributed by atoms with Crippen LogP contribution in [0.2, 0.25) is 0 Å². The summed E-state index contributed by atoms with van der Waals surface area (Å²) in [6.07, 6.45) is 1.44. The van der Waals surface area contributed by atoms with Crippen molar-refractivity contribution in [2.75, 3.05) is 19.7 Å². The summed E-state index contributed by atoms with van der Waals surface area (Å²) in [7, 11) is 0. The van der Waals surface area contributed by atoms with E-state index in [0.29, 0.717) is 32.2 Å². The molecule has 0 radical (unpaired) electrons. The second-order valence-corrected chi connectivity index (χ2v) is 6.84. The number of aryl methyl sites for hydroxylation is 2. The van der Waals surface area contributed by atoms with Gasteiger partial charge >= 0.3 is 6.09 Å². The SMILES string of the molecule is CCOC(=O)N1CCC(NC(N)=NCc2nc(C)c(C)s2)CC1. The molecule has 0 aliphatic carbocycles. The average Bonchev–Trinajstić information content (AvgIpc) is 2.85. The molecule has 1 aliphatic heterocycles. The molecule has 2 rings (SSSR count). The molecule has 0 spiro atoms. The molecule has 1 saturated heterocycles. The zero-order valence-corrected chi connectivity index (χ0v) is 14.8. The molecule has 0 aromatic carbocycles. The van der Waals surface area contributed by atoms with Crippen molar-refractivity contribution in [2.45, 2.75) is 46.2 Å². The first-order valence-corrected chi connectivity index (χ1v) is 8.72. The van der Waals surface area contributed by atoms with Gasteiger partial charge in [0.1, 0.15) is 5.01 Å². The van der Waals surface area contributed by atoms with Crippen molar-refractivity contribution in [3.05, 3.63) is 15.6 Å². The number of rotatable bonds is 4. The fourth-order valence-corrected chi connectivity index (χ4v) is 3.29. The van der Waals surface area contributed by atoms with Crippen molar-refractivity contribution >= 4 is 23.4 Å². The fraction of sp³-hybridized carbons (Fsp3) is 0.667. The first-order chi connectivity index (χ1) is 11.0. The van der Waals surface area contributed by atoms with Crippen LogP contribution in [0.3, 0.4) is 0 Å². The van der Waals surface area contributed by atoms with E-state index >= 15 is 0 Å². The second-order valence-electron chi connectivity index (χ2n) is 5.56. The summed E-state index contributed by atoms with van der Waals surface area (Å²) < 4.78 is 5.01. The molecule has 1 aromatic rings. The van der Waals surface area contributed by atoms with Crippen LogP contribution >= 0.6 is 11.3 Å². The third kappa shape index (κ3) is 5.09. The van der Waals surface area contributed by atoms with E-state index in [4.69, 9.17) is 10.5 Å². The van der Waals surface area contributed by atoms with E-state index in [0.717, 1.165) is 23.5 Å². The lowest BCUT2D eigenvalue weighted by molar-refractivity contribution is 0.0963. The second kappa shape index (κ2) is 8.14. The fourth-order valence-electron chi connectivity index (χ4n) is 2.44. The highest BCUT2D eigenvalue weighted by Gasteiger charge is 2.23. The summed E-state index contributed by atoms with van der Waals surface area (Å²) in [4.78, 5) is 23.4. The Balaban J connectivity index is 1.77. The van der Waals surface area contributed by atoms with E-state index in [1.165, 1.54) is 4.88 Å². The monoisotopic (exact) mass is 339 g/mol. The molecule has 0 saturated carbocycles. The highest BCUT2D eigenvalue weighted by atomic mass is 32.1. The lowest BCUT2D eigenvalue weighted by Crippen LogP contribution is -2.48. The Morgan fingerprint density at radius 1 is 1.48 bits per heavy atom. The smallest absolute Gasteiger partial charge is 0.409 e. The first kappa shape index (κ1) is 17.5. The van der Waals surface area contributed by atoms with Crippen molar-refractivity contribution in [2.24, 2.45) is 10.7 Å². The zero-order valence-electron chi connectivity index (χ0n) is 14.0. The maximum atomic E-state index is 11.6. The number of nitrogens with one attached hydrogen (secondary N) is 1. The highest BCUT2D eigenvalue weighted by molar-refractivity contribution is 7.11. The van der Waals surface area contributed by atoms with Crippen LogP contribution in [0.4, 0.5) is 4.79 Å². The number of aromatic nitrogens is 1. The Hall–Kier alpha value is -1.83. The van der Waals surface area contributed by atoms with Crippen molar-refractivity contribution in [1.82, 2.24) is 15.2 Å². The Morgan fingerprint density at radius 2 is 2.17 bits per heavy atom. The quantitative estimate of drug-likeness (QED) is 0.644. The number of amides is 1. The lowest BCUT2D eigenvalue weighted by Gasteiger charge is -2.31. The number of nitrogens with two attached hydrogens (primary N) is 1. The van der Waals surface area contributed by atoms with Crippen LogP contribution in [0.1, 0.15) is 35.3 Å². The minimum atomic E-state index is -0.234. The van der Waals surface area contributed by atoms with E-state index in [2.05, 4.69) is 22.2 Å². The molecular formula is C15H25N5O2S. The van der Waals surface area contributed by atoms with Crippen LogP contribution in [0.15, 0.2) is 4.99 Å². The number of hydrogen-bond donors (Lipinski definition) is 2. The van der Waals surface area contributed by atoms with E-state index in [1.807, 2.05) is 13.8 Å². The molecule has 0 unspecified atom stereocenters. The molecule has 7 nitrogen and oxygen atoms in total. The number of hydrogen-bond acceptors (Lipinski definition) is 5. The number of carbonyl (C=O) groups is 1. The molecule has 1 amide bonds. The van der Waals surface area contributed by atoms with Crippen LogP contribution < -0.4 is 11.1 Å². The van der Waals surface area contributed by atoms with E-state index in [9.17, 15) is 4.79 Å². The number of guanidine groups is 1. The molecule has 128 valence electrons. The van der Waals surface area contributed by atoms with Crippen molar-refractivity contribution in [3.63, 3.8) is 0 Å². The van der Waals surface area contributed by atoms with Gasteiger partial charge in [0.2, 0.25) is 0 Å². The van der Waals surface area contributed by atoms with Crippen LogP contribution in [0.25, 0.3) is 0 Å². The number of ether oxygens (including phenoxy) is 1. The summed E-state index contributed by atoms with van der Waals surface area (Å²) in [5.74, 6) is 0.435. The van der Waals surface area contributed by atoms with E-state index in [-0.39, 0.29) is 12.1 Å². The van der Waals surface area contributed by atoms with Gasteiger partial charge < -0.3 is 20.7 Å². The molecule has 2 heterocycles. The van der Waals surface area contributed by atoms with E-state index < -0.39 is 0 Å². The van der Waals surface area contributed by atoms with Crippen molar-refractivity contribution < 1.29 is 9.53 Å². The Kier molecular flexibility index (Phi) is 6.20. The molecular weight excluding hydrogens is 314 g/mol. The van der Waals surface area contributed by atoms with Crippen molar-refractivity contribution in [1.29, 1.82) is 0 Å². The van der Waals surface area contributed by atoms with Crippen LogP contribution in [-0.4, -0.2) is 47.7 Å². The molecule has 0 atom stereocenters. The highest BCUT2D eigenvalue weighted by Crippen LogP contribution is 2.17. The minimum Gasteiger partial charge on any atom is -0.450 e. The maximum Gasteiger partial charge on any atom is 0.409 e. The van der Waals surface area contributed by atoms with Gasteiger partial charge in [0.25, 0.3) is 0 Å². The molecule has 8 heteroatoms. The lowest BCUT2D eigenvalue weighted by atomic mass is 10.1. The Labute approximate surface area is 140 Å². The van der Waals surface area contributed by atoms with Gasteiger partial charge in [0.15, 0.2) is 5.96 Å². The van der Waals surface area contributed by atoms with Gasteiger partial charge in [-0.1, -0.05) is 0 Å². The summed E-state index contributed by atoms with van der Waals surface area (Å²) >= 11 is 1.65. The largest absolute Gasteiger partial charge is 0.450 e. The molecule has 1 aliphatic rings. The van der Waals surface area contributed by atoms with Gasteiger partial charge in [-0.2, -0.15) is 0 Å². The van der Waals surface area contributed by atoms with Gasteiger partial charge in [-0.05, 0) is 33.6 Å². The molecule has 1 fully saturated rings. The van der Waals surface area contributed by atoms with Crippen LogP contribution in [0, 0.1) is 13.8 Å². The van der Waals surface area contributed by atoms with Gasteiger partial charge in [-0.15, -0.1) is 11.3 Å². The molecule has 0 bridgehead atoms. The van der Waals surface area contributed by atoms with Crippen LogP contribution in [0.5, 0.6) is 0 Å². The number of piperidine rings is 1. The normalized spacial score (nSPS) is 16.5. The van der Waals surface area contributed by atoms with Gasteiger partial charge in [0.05, 0.1) is 18.8 Å². The summed E-state index contributed by atoms with van der Waals surface area (Å²) in [6.45, 7) is 8.13. The zero-order chi connectivity index (χ0) is 16.8. The molecule has 23 heavy (non-hydrogen) atoms. The average molecular weight is 339 g/mol. The topological polar surface area (TPSA) is 92.8 Å². The Morgan fingerprint density at radius 3 is 2.74 bits per heavy atom. The standard InChI is InChI=1S/C15H25N5O2S/c1-4-22-15(21)20-7-5-12(6-8-20)19-14(16)17-9-13-18-10(2)11(3)23-13/h12H,4-9H2,1-3H3,(H3,16,17,19). The van der Waals surface area contributed by atoms with Gasteiger partial charge in [-0.3, -0.25) is 0 Å². The minimum absolute atomic E-state index is 0.234. The number of likely N-dealkylation sites (tertiary alicyclic amines) is 1. The number of nitrogens with zero attached hydrogens (tertiary/aromatic N) is 3. The van der Waals surface area contributed by atoms with Gasteiger partial charge in [-0.25, -0.2) is 14.8 Å². The summed E-state index contributed by atoms with van der Waals surface area (Å²) in [5, 5.41) is 4.20. The number of thiazole rings is 1. The molecule has 3 N–H and O–H groups in total. The molecule has 1 aromatic heterocycles. The van der Waals surface area contributed by atoms with E-state index in [1.54, 1.807) is 16.2 Å². The van der Waals surface area contributed by atoms with Crippen molar-refractivity contribution in [3.8, 4) is 0 Å². The third-order valence-electron chi connectivity index (χ3n) is 3.83. The Bertz CT molecular complexity index is 545. The first-order valence-electron chi connectivity index (χ1n) is 7.90. The summed E-state index contributed by atoms with van der Waals surface area (Å²) in [5.41, 5.74) is 7.00. The number of aliphatic imine (C=N–C) groups is 1.